The predicted molar refractivity (Wildman–Crippen MR) is 121 cm³/mol. The van der Waals surface area contributed by atoms with Gasteiger partial charge in [0, 0.05) is 23.4 Å². The number of hydrogen-bond donors (Lipinski definition) is 2. The molecule has 2 heterocycles. The summed E-state index contributed by atoms with van der Waals surface area (Å²) in [6, 6.07) is 13.2. The highest BCUT2D eigenvalue weighted by atomic mass is 32.1. The van der Waals surface area contributed by atoms with E-state index >= 15 is 0 Å². The number of aromatic amines is 1. The minimum absolute atomic E-state index is 0.180. The maximum atomic E-state index is 12.6. The molecule has 0 saturated heterocycles. The molecular formula is C22H19N3O2S2. The summed E-state index contributed by atoms with van der Waals surface area (Å²) >= 11 is 6.97. The first kappa shape index (κ1) is 19.3. The van der Waals surface area contributed by atoms with Crippen LogP contribution in [0.2, 0.25) is 0 Å². The third-order valence-corrected chi connectivity index (χ3v) is 6.13. The van der Waals surface area contributed by atoms with E-state index in [4.69, 9.17) is 12.2 Å². The van der Waals surface area contributed by atoms with Crippen LogP contribution in [0.1, 0.15) is 15.9 Å². The van der Waals surface area contributed by atoms with E-state index in [2.05, 4.69) is 34.4 Å². The van der Waals surface area contributed by atoms with Crippen LogP contribution in [0.25, 0.3) is 21.0 Å². The van der Waals surface area contributed by atoms with Gasteiger partial charge in [-0.2, -0.15) is 0 Å². The van der Waals surface area contributed by atoms with Gasteiger partial charge in [0.15, 0.2) is 4.77 Å². The van der Waals surface area contributed by atoms with Crippen molar-refractivity contribution < 1.29 is 4.79 Å². The number of allylic oxidation sites excluding steroid dienone is 1. The summed E-state index contributed by atoms with van der Waals surface area (Å²) in [6.45, 7) is 4.52. The average molecular weight is 422 g/mol. The van der Waals surface area contributed by atoms with Crippen molar-refractivity contribution in [1.82, 2.24) is 14.9 Å². The fraction of sp³-hybridized carbons (Fsp3) is 0.136. The zero-order valence-electron chi connectivity index (χ0n) is 15.6. The highest BCUT2D eigenvalue weighted by molar-refractivity contribution is 7.71. The average Bonchev–Trinajstić information content (AvgIpc) is 3.14. The van der Waals surface area contributed by atoms with E-state index in [-0.39, 0.29) is 11.5 Å². The van der Waals surface area contributed by atoms with Crippen molar-refractivity contribution in [3.05, 3.63) is 86.8 Å². The van der Waals surface area contributed by atoms with Gasteiger partial charge in [0.1, 0.15) is 0 Å². The van der Waals surface area contributed by atoms with Gasteiger partial charge in [-0.15, -0.1) is 17.9 Å². The lowest BCUT2D eigenvalue weighted by Gasteiger charge is -2.08. The monoisotopic (exact) mass is 421 g/mol. The van der Waals surface area contributed by atoms with Crippen LogP contribution in [0, 0.1) is 4.77 Å². The maximum Gasteiger partial charge on any atom is 0.262 e. The molecule has 0 bridgehead atoms. The van der Waals surface area contributed by atoms with Gasteiger partial charge >= 0.3 is 0 Å². The summed E-state index contributed by atoms with van der Waals surface area (Å²) in [7, 11) is 0. The molecule has 5 nitrogen and oxygen atoms in total. The molecule has 0 aliphatic rings. The number of rotatable bonds is 6. The van der Waals surface area contributed by atoms with Crippen LogP contribution in [0.3, 0.4) is 0 Å². The molecule has 146 valence electrons. The van der Waals surface area contributed by atoms with Crippen molar-refractivity contribution in [2.75, 3.05) is 6.54 Å². The van der Waals surface area contributed by atoms with Crippen molar-refractivity contribution in [3.8, 4) is 0 Å². The number of carbonyl (C=O) groups excluding carboxylic acids is 1. The molecule has 0 aliphatic carbocycles. The Balaban J connectivity index is 1.51. The van der Waals surface area contributed by atoms with Gasteiger partial charge in [-0.05, 0) is 59.2 Å². The number of amides is 1. The second-order valence-corrected chi connectivity index (χ2v) is 7.96. The van der Waals surface area contributed by atoms with Crippen molar-refractivity contribution in [2.24, 2.45) is 0 Å². The van der Waals surface area contributed by atoms with Crippen molar-refractivity contribution in [1.29, 1.82) is 0 Å². The fourth-order valence-corrected chi connectivity index (χ4v) is 4.59. The van der Waals surface area contributed by atoms with Gasteiger partial charge in [-0.1, -0.05) is 24.3 Å². The molecule has 2 aromatic carbocycles. The number of aromatic nitrogens is 2. The van der Waals surface area contributed by atoms with E-state index < -0.39 is 0 Å². The second kappa shape index (κ2) is 8.14. The molecule has 1 amide bonds. The number of thiophene rings is 1. The van der Waals surface area contributed by atoms with Crippen molar-refractivity contribution >= 4 is 50.5 Å². The second-order valence-electron chi connectivity index (χ2n) is 6.66. The first-order valence-electron chi connectivity index (χ1n) is 9.19. The lowest BCUT2D eigenvalue weighted by molar-refractivity contribution is 0.0954. The van der Waals surface area contributed by atoms with Gasteiger partial charge in [-0.3, -0.25) is 14.2 Å². The van der Waals surface area contributed by atoms with Crippen molar-refractivity contribution in [2.45, 2.75) is 13.0 Å². The summed E-state index contributed by atoms with van der Waals surface area (Å²) < 4.78 is 3.00. The normalized spacial score (nSPS) is 11.0. The van der Waals surface area contributed by atoms with Gasteiger partial charge < -0.3 is 10.3 Å². The first-order valence-corrected chi connectivity index (χ1v) is 10.5. The molecule has 0 radical (unpaired) electrons. The third kappa shape index (κ3) is 3.79. The minimum atomic E-state index is -0.194. The summed E-state index contributed by atoms with van der Waals surface area (Å²) in [5.41, 5.74) is 2.08. The molecule has 7 heteroatoms. The van der Waals surface area contributed by atoms with E-state index in [1.807, 2.05) is 12.1 Å². The Morgan fingerprint density at radius 1 is 1.24 bits per heavy atom. The number of nitrogens with one attached hydrogen (secondary N) is 2. The summed E-state index contributed by atoms with van der Waals surface area (Å²) in [4.78, 5) is 28.2. The van der Waals surface area contributed by atoms with Crippen LogP contribution in [0.15, 0.2) is 65.3 Å². The molecule has 2 N–H and O–H groups in total. The molecule has 4 aromatic rings. The van der Waals surface area contributed by atoms with E-state index in [1.165, 1.54) is 20.2 Å². The van der Waals surface area contributed by atoms with Gasteiger partial charge in [0.2, 0.25) is 0 Å². The first-order chi connectivity index (χ1) is 14.1. The minimum Gasteiger partial charge on any atom is -0.352 e. The van der Waals surface area contributed by atoms with E-state index in [1.54, 1.807) is 35.6 Å². The SMILES string of the molecule is C=CCn1c(=S)[nH]c2cc(C(=O)NCCc3csc4ccccc34)ccc2c1=O. The van der Waals surface area contributed by atoms with Crippen molar-refractivity contribution in [3.63, 3.8) is 0 Å². The lowest BCUT2D eigenvalue weighted by Crippen LogP contribution is -2.26. The summed E-state index contributed by atoms with van der Waals surface area (Å²) in [5.74, 6) is -0.180. The van der Waals surface area contributed by atoms with Crippen LogP contribution in [0.5, 0.6) is 0 Å². The summed E-state index contributed by atoms with van der Waals surface area (Å²) in [6.07, 6.45) is 2.38. The molecule has 2 aromatic heterocycles. The lowest BCUT2D eigenvalue weighted by atomic mass is 10.1. The van der Waals surface area contributed by atoms with Crippen LogP contribution in [-0.4, -0.2) is 22.0 Å². The Morgan fingerprint density at radius 2 is 2.07 bits per heavy atom. The molecule has 0 fully saturated rings. The number of nitrogens with zero attached hydrogens (tertiary/aromatic N) is 1. The number of H-pyrrole nitrogens is 1. The standard InChI is InChI=1S/C22H19N3O2S2/c1-2-11-25-21(27)17-8-7-14(12-18(17)24-22(25)28)20(26)23-10-9-15-13-29-19-6-4-3-5-16(15)19/h2-8,12-13H,1,9-11H2,(H,23,26)(H,24,28). The van der Waals surface area contributed by atoms with Gasteiger partial charge in [-0.25, -0.2) is 0 Å². The molecule has 4 rings (SSSR count). The zero-order valence-corrected chi connectivity index (χ0v) is 17.2. The number of benzene rings is 2. The van der Waals surface area contributed by atoms with Gasteiger partial charge in [0.25, 0.3) is 11.5 Å². The highest BCUT2D eigenvalue weighted by Crippen LogP contribution is 2.25. The van der Waals surface area contributed by atoms with Crippen LogP contribution >= 0.6 is 23.6 Å². The Kier molecular flexibility index (Phi) is 5.42. The number of hydrogen-bond acceptors (Lipinski definition) is 4. The van der Waals surface area contributed by atoms with Crippen LogP contribution < -0.4 is 10.9 Å². The smallest absolute Gasteiger partial charge is 0.262 e. The highest BCUT2D eigenvalue weighted by Gasteiger charge is 2.10. The van der Waals surface area contributed by atoms with Crippen LogP contribution in [0.4, 0.5) is 0 Å². The molecule has 0 spiro atoms. The molecule has 0 atom stereocenters. The molecular weight excluding hydrogens is 402 g/mol. The Hall–Kier alpha value is -3.03. The summed E-state index contributed by atoms with van der Waals surface area (Å²) in [5, 5.41) is 6.82. The zero-order chi connectivity index (χ0) is 20.4. The van der Waals surface area contributed by atoms with E-state index in [0.29, 0.717) is 34.3 Å². The molecule has 0 saturated carbocycles. The number of carbonyl (C=O) groups is 1. The van der Waals surface area contributed by atoms with E-state index in [9.17, 15) is 9.59 Å². The largest absolute Gasteiger partial charge is 0.352 e. The third-order valence-electron chi connectivity index (χ3n) is 4.80. The Bertz CT molecular complexity index is 1350. The Labute approximate surface area is 176 Å². The molecule has 29 heavy (non-hydrogen) atoms. The van der Waals surface area contributed by atoms with E-state index in [0.717, 1.165) is 6.42 Å². The van der Waals surface area contributed by atoms with Gasteiger partial charge in [0.05, 0.1) is 10.9 Å². The topological polar surface area (TPSA) is 66.9 Å². The molecule has 0 aliphatic heterocycles. The number of fused-ring (bicyclic) bond motifs is 2. The van der Waals surface area contributed by atoms with Crippen LogP contribution in [-0.2, 0) is 13.0 Å². The quantitative estimate of drug-likeness (QED) is 0.357. The Morgan fingerprint density at radius 3 is 2.90 bits per heavy atom. The molecule has 0 unspecified atom stereocenters. The fourth-order valence-electron chi connectivity index (χ4n) is 3.33. The predicted octanol–water partition coefficient (Wildman–Crippen LogP) is 4.43. The maximum absolute atomic E-state index is 12.6.